The maximum absolute atomic E-state index is 6.15. The molecule has 0 N–H and O–H groups in total. The zero-order chi connectivity index (χ0) is 14.9. The van der Waals surface area contributed by atoms with E-state index < -0.39 is 0 Å². The number of hydrogen-bond acceptors (Lipinski definition) is 2. The molecule has 0 radical (unpaired) electrons. The molecule has 0 amide bonds. The summed E-state index contributed by atoms with van der Waals surface area (Å²) in [4.78, 5) is 2.34. The molecule has 0 atom stereocenters. The number of ether oxygens (including phenoxy) is 1. The summed E-state index contributed by atoms with van der Waals surface area (Å²) < 4.78 is 6.15. The molecular weight excluding hydrogens is 270 g/mol. The van der Waals surface area contributed by atoms with Crippen LogP contribution >= 0.6 is 0 Å². The van der Waals surface area contributed by atoms with Crippen LogP contribution in [0.2, 0.25) is 0 Å². The van der Waals surface area contributed by atoms with Gasteiger partial charge in [-0.1, -0.05) is 42.5 Å². The fourth-order valence-corrected chi connectivity index (χ4v) is 3.10. The highest BCUT2D eigenvalue weighted by molar-refractivity contribution is 5.95. The zero-order valence-corrected chi connectivity index (χ0v) is 12.8. The molecule has 2 nitrogen and oxygen atoms in total. The molecule has 0 saturated carbocycles. The first-order valence-corrected chi connectivity index (χ1v) is 7.77. The third kappa shape index (κ3) is 2.36. The molecule has 4 rings (SSSR count). The summed E-state index contributed by atoms with van der Waals surface area (Å²) in [6.45, 7) is 2.12. The summed E-state index contributed by atoms with van der Waals surface area (Å²) in [6, 6.07) is 16.6. The summed E-state index contributed by atoms with van der Waals surface area (Å²) in [5.41, 5.74) is 5.06. The molecule has 0 aromatic heterocycles. The quantitative estimate of drug-likeness (QED) is 0.761. The number of fused-ring (bicyclic) bond motifs is 2. The van der Waals surface area contributed by atoms with Crippen molar-refractivity contribution < 1.29 is 4.74 Å². The van der Waals surface area contributed by atoms with Gasteiger partial charge in [-0.3, -0.25) is 0 Å². The Bertz CT molecular complexity index is 773. The lowest BCUT2D eigenvalue weighted by atomic mass is 9.91. The van der Waals surface area contributed by atoms with Crippen molar-refractivity contribution >= 4 is 11.6 Å². The van der Waals surface area contributed by atoms with E-state index in [1.807, 2.05) is 18.2 Å². The van der Waals surface area contributed by atoms with Crippen LogP contribution in [0.1, 0.15) is 17.5 Å². The van der Waals surface area contributed by atoms with Gasteiger partial charge in [0.1, 0.15) is 11.5 Å². The fourth-order valence-electron chi connectivity index (χ4n) is 3.10. The van der Waals surface area contributed by atoms with Gasteiger partial charge in [0.2, 0.25) is 0 Å². The van der Waals surface area contributed by atoms with Crippen molar-refractivity contribution in [3.63, 3.8) is 0 Å². The van der Waals surface area contributed by atoms with E-state index in [0.717, 1.165) is 36.6 Å². The van der Waals surface area contributed by atoms with Crippen LogP contribution in [0.25, 0.3) is 11.6 Å². The SMILES string of the molecule is CN1CC=C(C2=Cc3ccccc3Oc3ccccc32)CC1. The number of hydrogen-bond donors (Lipinski definition) is 0. The summed E-state index contributed by atoms with van der Waals surface area (Å²) in [5.74, 6) is 1.87. The van der Waals surface area contributed by atoms with Crippen LogP contribution < -0.4 is 4.74 Å². The Morgan fingerprint density at radius 1 is 0.955 bits per heavy atom. The maximum atomic E-state index is 6.15. The van der Waals surface area contributed by atoms with Crippen LogP contribution in [-0.2, 0) is 0 Å². The van der Waals surface area contributed by atoms with Crippen LogP contribution in [0.15, 0.2) is 60.2 Å². The third-order valence-electron chi connectivity index (χ3n) is 4.37. The highest BCUT2D eigenvalue weighted by Gasteiger charge is 2.20. The van der Waals surface area contributed by atoms with Crippen LogP contribution in [0, 0.1) is 0 Å². The second kappa shape index (κ2) is 5.47. The Hall–Kier alpha value is -2.32. The van der Waals surface area contributed by atoms with Crippen LogP contribution in [0.5, 0.6) is 11.5 Å². The standard InChI is InChI=1S/C20H19NO/c1-21-12-10-15(11-13-21)18-14-16-6-2-4-8-19(16)22-20-9-5-3-7-17(18)20/h2-10,14H,11-13H2,1H3. The Balaban J connectivity index is 1.89. The molecule has 0 aliphatic carbocycles. The first-order valence-electron chi connectivity index (χ1n) is 7.77. The molecule has 2 heteroatoms. The van der Waals surface area contributed by atoms with Crippen molar-refractivity contribution in [2.24, 2.45) is 0 Å². The summed E-state index contributed by atoms with van der Waals surface area (Å²) in [7, 11) is 2.17. The second-order valence-electron chi connectivity index (χ2n) is 5.94. The molecular formula is C20H19NO. The molecule has 2 aromatic rings. The minimum atomic E-state index is 0.929. The zero-order valence-electron chi connectivity index (χ0n) is 12.8. The molecule has 2 aliphatic rings. The third-order valence-corrected chi connectivity index (χ3v) is 4.37. The lowest BCUT2D eigenvalue weighted by molar-refractivity contribution is 0.362. The second-order valence-corrected chi connectivity index (χ2v) is 5.94. The number of nitrogens with zero attached hydrogens (tertiary/aromatic N) is 1. The van der Waals surface area contributed by atoms with Crippen LogP contribution in [0.3, 0.4) is 0 Å². The molecule has 2 aromatic carbocycles. The average molecular weight is 289 g/mol. The maximum Gasteiger partial charge on any atom is 0.135 e. The predicted octanol–water partition coefficient (Wildman–Crippen LogP) is 4.59. The number of likely N-dealkylation sites (N-methyl/N-ethyl adjacent to an activating group) is 1. The van der Waals surface area contributed by atoms with E-state index in [9.17, 15) is 0 Å². The van der Waals surface area contributed by atoms with E-state index in [4.69, 9.17) is 4.74 Å². The lowest BCUT2D eigenvalue weighted by Gasteiger charge is -2.23. The van der Waals surface area contributed by atoms with Gasteiger partial charge >= 0.3 is 0 Å². The molecule has 0 fully saturated rings. The van der Waals surface area contributed by atoms with Gasteiger partial charge in [0.15, 0.2) is 0 Å². The van der Waals surface area contributed by atoms with E-state index in [1.54, 1.807) is 0 Å². The smallest absolute Gasteiger partial charge is 0.135 e. The number of benzene rings is 2. The summed E-state index contributed by atoms with van der Waals surface area (Å²) in [6.07, 6.45) is 5.71. The van der Waals surface area contributed by atoms with Crippen molar-refractivity contribution in [2.45, 2.75) is 6.42 Å². The van der Waals surface area contributed by atoms with Gasteiger partial charge in [-0.05, 0) is 42.8 Å². The normalized spacial score (nSPS) is 17.5. The first kappa shape index (κ1) is 13.4. The average Bonchev–Trinajstić information content (AvgIpc) is 2.72. The molecule has 22 heavy (non-hydrogen) atoms. The topological polar surface area (TPSA) is 12.5 Å². The van der Waals surface area contributed by atoms with Crippen molar-refractivity contribution in [3.8, 4) is 11.5 Å². The van der Waals surface area contributed by atoms with Gasteiger partial charge in [-0.25, -0.2) is 0 Å². The van der Waals surface area contributed by atoms with Gasteiger partial charge in [0.05, 0.1) is 0 Å². The Morgan fingerprint density at radius 3 is 2.55 bits per heavy atom. The van der Waals surface area contributed by atoms with Gasteiger partial charge in [0.25, 0.3) is 0 Å². The van der Waals surface area contributed by atoms with Crippen molar-refractivity contribution in [3.05, 3.63) is 71.3 Å². The summed E-state index contributed by atoms with van der Waals surface area (Å²) >= 11 is 0. The Labute approximate surface area is 131 Å². The van der Waals surface area contributed by atoms with E-state index in [2.05, 4.69) is 54.4 Å². The van der Waals surface area contributed by atoms with E-state index in [0.29, 0.717) is 0 Å². The highest BCUT2D eigenvalue weighted by Crippen LogP contribution is 2.41. The first-order chi connectivity index (χ1) is 10.8. The summed E-state index contributed by atoms with van der Waals surface area (Å²) in [5, 5.41) is 0. The van der Waals surface area contributed by atoms with Gasteiger partial charge < -0.3 is 9.64 Å². The molecule has 2 aliphatic heterocycles. The molecule has 2 heterocycles. The van der Waals surface area contributed by atoms with E-state index >= 15 is 0 Å². The Kier molecular flexibility index (Phi) is 3.32. The number of allylic oxidation sites excluding steroid dienone is 1. The minimum Gasteiger partial charge on any atom is -0.456 e. The molecule has 0 bridgehead atoms. The minimum absolute atomic E-state index is 0.929. The van der Waals surface area contributed by atoms with E-state index in [-0.39, 0.29) is 0 Å². The highest BCUT2D eigenvalue weighted by atomic mass is 16.5. The Morgan fingerprint density at radius 2 is 1.73 bits per heavy atom. The van der Waals surface area contributed by atoms with E-state index in [1.165, 1.54) is 16.7 Å². The van der Waals surface area contributed by atoms with Gasteiger partial charge in [-0.2, -0.15) is 0 Å². The number of para-hydroxylation sites is 2. The largest absolute Gasteiger partial charge is 0.456 e. The molecule has 0 spiro atoms. The van der Waals surface area contributed by atoms with Crippen molar-refractivity contribution in [1.29, 1.82) is 0 Å². The lowest BCUT2D eigenvalue weighted by Crippen LogP contribution is -2.24. The molecule has 0 unspecified atom stereocenters. The van der Waals surface area contributed by atoms with Crippen molar-refractivity contribution in [1.82, 2.24) is 4.90 Å². The van der Waals surface area contributed by atoms with Crippen LogP contribution in [-0.4, -0.2) is 25.0 Å². The fraction of sp³-hybridized carbons (Fsp3) is 0.200. The van der Waals surface area contributed by atoms with Gasteiger partial charge in [-0.15, -0.1) is 0 Å². The monoisotopic (exact) mass is 289 g/mol. The predicted molar refractivity (Wildman–Crippen MR) is 91.0 cm³/mol. The number of rotatable bonds is 1. The van der Waals surface area contributed by atoms with Gasteiger partial charge in [0, 0.05) is 24.2 Å². The van der Waals surface area contributed by atoms with Crippen LogP contribution in [0.4, 0.5) is 0 Å². The molecule has 0 saturated heterocycles. The van der Waals surface area contributed by atoms with Crippen molar-refractivity contribution in [2.75, 3.05) is 20.1 Å². The molecule has 110 valence electrons.